The van der Waals surface area contributed by atoms with Gasteiger partial charge in [0.15, 0.2) is 0 Å². The highest BCUT2D eigenvalue weighted by molar-refractivity contribution is 5.85. The zero-order chi connectivity index (χ0) is 13.3. The summed E-state index contributed by atoms with van der Waals surface area (Å²) < 4.78 is 40.9. The van der Waals surface area contributed by atoms with E-state index in [9.17, 15) is 13.2 Å². The van der Waals surface area contributed by atoms with E-state index in [1.165, 1.54) is 4.57 Å². The molecule has 0 saturated carbocycles. The third-order valence-corrected chi connectivity index (χ3v) is 3.23. The summed E-state index contributed by atoms with van der Waals surface area (Å²) in [6.45, 7) is 3.94. The van der Waals surface area contributed by atoms with Crippen LogP contribution in [0.2, 0.25) is 0 Å². The molecule has 0 atom stereocenters. The summed E-state index contributed by atoms with van der Waals surface area (Å²) >= 11 is 0. The summed E-state index contributed by atoms with van der Waals surface area (Å²) in [5, 5.41) is 0.695. The summed E-state index contributed by atoms with van der Waals surface area (Å²) in [5.41, 5.74) is 0.502. The molecule has 0 spiro atoms. The van der Waals surface area contributed by atoms with Gasteiger partial charge in [-0.25, -0.2) is 0 Å². The molecule has 1 heterocycles. The predicted octanol–water partition coefficient (Wildman–Crippen LogP) is 4.77. The summed E-state index contributed by atoms with van der Waals surface area (Å²) in [7, 11) is 0. The van der Waals surface area contributed by atoms with Crippen molar-refractivity contribution in [2.24, 2.45) is 0 Å². The van der Waals surface area contributed by atoms with Crippen molar-refractivity contribution in [2.45, 2.75) is 39.4 Å². The minimum absolute atomic E-state index is 0.328. The van der Waals surface area contributed by atoms with E-state index in [1.807, 2.05) is 6.92 Å². The second kappa shape index (κ2) is 4.67. The topological polar surface area (TPSA) is 4.93 Å². The van der Waals surface area contributed by atoms with Gasteiger partial charge in [0.25, 0.3) is 0 Å². The van der Waals surface area contributed by atoms with Crippen molar-refractivity contribution in [3.63, 3.8) is 0 Å². The molecule has 0 aliphatic heterocycles. The van der Waals surface area contributed by atoms with Gasteiger partial charge < -0.3 is 4.57 Å². The normalized spacial score (nSPS) is 12.3. The van der Waals surface area contributed by atoms with Crippen LogP contribution in [-0.4, -0.2) is 4.57 Å². The lowest BCUT2D eigenvalue weighted by atomic mass is 10.1. The highest BCUT2D eigenvalue weighted by Gasteiger charge is 2.37. The van der Waals surface area contributed by atoms with E-state index in [-0.39, 0.29) is 0 Å². The Morgan fingerprint density at radius 2 is 1.83 bits per heavy atom. The molecule has 0 fully saturated rings. The Balaban J connectivity index is 2.69. The molecule has 18 heavy (non-hydrogen) atoms. The van der Waals surface area contributed by atoms with Gasteiger partial charge in [-0.15, -0.1) is 0 Å². The van der Waals surface area contributed by atoms with Gasteiger partial charge >= 0.3 is 6.18 Å². The Hall–Kier alpha value is -1.45. The van der Waals surface area contributed by atoms with Crippen LogP contribution in [0.5, 0.6) is 0 Å². The molecule has 0 unspecified atom stereocenters. The molecule has 0 aliphatic rings. The number of hydrogen-bond acceptors (Lipinski definition) is 0. The molecule has 2 rings (SSSR count). The lowest BCUT2D eigenvalue weighted by molar-refractivity contribution is -0.143. The van der Waals surface area contributed by atoms with Gasteiger partial charge in [0.05, 0.1) is 0 Å². The fourth-order valence-electron chi connectivity index (χ4n) is 2.39. The number of para-hydroxylation sites is 1. The van der Waals surface area contributed by atoms with E-state index >= 15 is 0 Å². The zero-order valence-electron chi connectivity index (χ0n) is 10.5. The first kappa shape index (κ1) is 13.0. The monoisotopic (exact) mass is 255 g/mol. The minimum Gasteiger partial charge on any atom is -0.337 e. The number of alkyl halides is 3. The van der Waals surface area contributed by atoms with Crippen molar-refractivity contribution in [3.05, 3.63) is 35.5 Å². The average Bonchev–Trinajstić information content (AvgIpc) is 2.60. The van der Waals surface area contributed by atoms with Gasteiger partial charge in [-0.3, -0.25) is 0 Å². The van der Waals surface area contributed by atoms with E-state index in [4.69, 9.17) is 0 Å². The standard InChI is InChI=1S/C14H16F3N/c1-3-4-9-18-12-8-6-5-7-11(12)10(2)13(18)14(15,16)17/h5-8H,3-4,9H2,1-2H3. The summed E-state index contributed by atoms with van der Waals surface area (Å²) in [5.74, 6) is 0. The Bertz CT molecular complexity index is 552. The van der Waals surface area contributed by atoms with Gasteiger partial charge in [0.1, 0.15) is 5.69 Å². The largest absolute Gasteiger partial charge is 0.431 e. The number of halogens is 3. The van der Waals surface area contributed by atoms with Crippen LogP contribution in [0.25, 0.3) is 10.9 Å². The number of benzene rings is 1. The fourth-order valence-corrected chi connectivity index (χ4v) is 2.39. The van der Waals surface area contributed by atoms with Crippen molar-refractivity contribution >= 4 is 10.9 Å². The van der Waals surface area contributed by atoms with E-state index in [1.54, 1.807) is 31.2 Å². The molecule has 0 bridgehead atoms. The second-order valence-electron chi connectivity index (χ2n) is 4.49. The molecule has 0 saturated heterocycles. The number of nitrogens with zero attached hydrogens (tertiary/aromatic N) is 1. The molecular formula is C14H16F3N. The third-order valence-electron chi connectivity index (χ3n) is 3.23. The molecule has 0 N–H and O–H groups in total. The first-order valence-electron chi connectivity index (χ1n) is 6.11. The molecule has 1 aromatic heterocycles. The van der Waals surface area contributed by atoms with Crippen LogP contribution < -0.4 is 0 Å². The second-order valence-corrected chi connectivity index (χ2v) is 4.49. The van der Waals surface area contributed by atoms with Gasteiger partial charge in [-0.2, -0.15) is 13.2 Å². The van der Waals surface area contributed by atoms with Gasteiger partial charge in [-0.1, -0.05) is 31.5 Å². The number of unbranched alkanes of at least 4 members (excludes halogenated alkanes) is 1. The molecule has 4 heteroatoms. The summed E-state index contributed by atoms with van der Waals surface area (Å²) in [6.07, 6.45) is -2.67. The average molecular weight is 255 g/mol. The van der Waals surface area contributed by atoms with Crippen LogP contribution in [-0.2, 0) is 12.7 Å². The van der Waals surface area contributed by atoms with E-state index in [2.05, 4.69) is 0 Å². The number of aromatic nitrogens is 1. The van der Waals surface area contributed by atoms with Crippen molar-refractivity contribution in [2.75, 3.05) is 0 Å². The SMILES string of the molecule is CCCCn1c(C(F)(F)F)c(C)c2ccccc21. The number of aryl methyl sites for hydroxylation is 2. The van der Waals surface area contributed by atoms with Crippen molar-refractivity contribution in [1.82, 2.24) is 4.57 Å². The first-order valence-corrected chi connectivity index (χ1v) is 6.11. The maximum atomic E-state index is 13.2. The van der Waals surface area contributed by atoms with Crippen LogP contribution in [0.4, 0.5) is 13.2 Å². The number of fused-ring (bicyclic) bond motifs is 1. The highest BCUT2D eigenvalue weighted by atomic mass is 19.4. The van der Waals surface area contributed by atoms with Crippen LogP contribution in [0.15, 0.2) is 24.3 Å². The van der Waals surface area contributed by atoms with E-state index in [0.29, 0.717) is 23.0 Å². The summed E-state index contributed by atoms with van der Waals surface area (Å²) in [4.78, 5) is 0. The lowest BCUT2D eigenvalue weighted by Gasteiger charge is -2.13. The maximum Gasteiger partial charge on any atom is 0.431 e. The maximum absolute atomic E-state index is 13.2. The Kier molecular flexibility index (Phi) is 3.37. The number of rotatable bonds is 3. The molecule has 98 valence electrons. The van der Waals surface area contributed by atoms with E-state index in [0.717, 1.165) is 12.8 Å². The Morgan fingerprint density at radius 3 is 2.44 bits per heavy atom. The van der Waals surface area contributed by atoms with Crippen LogP contribution in [0.1, 0.15) is 31.0 Å². The Morgan fingerprint density at radius 1 is 1.17 bits per heavy atom. The van der Waals surface area contributed by atoms with Crippen LogP contribution in [0, 0.1) is 6.92 Å². The fraction of sp³-hybridized carbons (Fsp3) is 0.429. The molecule has 0 amide bonds. The minimum atomic E-state index is -4.29. The third kappa shape index (κ3) is 2.11. The van der Waals surface area contributed by atoms with Gasteiger partial charge in [0, 0.05) is 17.4 Å². The number of hydrogen-bond donors (Lipinski definition) is 0. The smallest absolute Gasteiger partial charge is 0.337 e. The summed E-state index contributed by atoms with van der Waals surface area (Å²) in [6, 6.07) is 7.07. The molecular weight excluding hydrogens is 239 g/mol. The highest BCUT2D eigenvalue weighted by Crippen LogP contribution is 2.37. The lowest BCUT2D eigenvalue weighted by Crippen LogP contribution is -2.15. The van der Waals surface area contributed by atoms with Crippen LogP contribution >= 0.6 is 0 Å². The van der Waals surface area contributed by atoms with Crippen molar-refractivity contribution in [1.29, 1.82) is 0 Å². The van der Waals surface area contributed by atoms with Gasteiger partial charge in [0.2, 0.25) is 0 Å². The van der Waals surface area contributed by atoms with Gasteiger partial charge in [-0.05, 0) is 25.0 Å². The van der Waals surface area contributed by atoms with E-state index < -0.39 is 11.9 Å². The molecule has 0 aliphatic carbocycles. The molecule has 0 radical (unpaired) electrons. The molecule has 1 nitrogen and oxygen atoms in total. The quantitative estimate of drug-likeness (QED) is 0.744. The molecule has 2 aromatic rings. The Labute approximate surface area is 104 Å². The first-order chi connectivity index (χ1) is 8.46. The predicted molar refractivity (Wildman–Crippen MR) is 66.6 cm³/mol. The van der Waals surface area contributed by atoms with Crippen molar-refractivity contribution < 1.29 is 13.2 Å². The van der Waals surface area contributed by atoms with Crippen LogP contribution in [0.3, 0.4) is 0 Å². The molecule has 1 aromatic carbocycles. The zero-order valence-corrected chi connectivity index (χ0v) is 10.5. The van der Waals surface area contributed by atoms with Crippen molar-refractivity contribution in [3.8, 4) is 0 Å².